The highest BCUT2D eigenvalue weighted by Crippen LogP contribution is 2.13. The lowest BCUT2D eigenvalue weighted by Gasteiger charge is -2.14. The minimum atomic E-state index is -0.0802. The van der Waals surface area contributed by atoms with Gasteiger partial charge in [0.2, 0.25) is 5.91 Å². The number of likely N-dealkylation sites (N-methyl/N-ethyl adjacent to an activating group) is 1. The highest BCUT2D eigenvalue weighted by molar-refractivity contribution is 5.83. The molecule has 1 N–H and O–H groups in total. The molecule has 3 nitrogen and oxygen atoms in total. The molecule has 0 spiro atoms. The van der Waals surface area contributed by atoms with Crippen LogP contribution >= 0.6 is 0 Å². The van der Waals surface area contributed by atoms with E-state index in [9.17, 15) is 4.79 Å². The number of carbonyl (C=O) groups is 1. The van der Waals surface area contributed by atoms with Crippen molar-refractivity contribution in [3.63, 3.8) is 0 Å². The van der Waals surface area contributed by atoms with Crippen LogP contribution in [0.25, 0.3) is 0 Å². The van der Waals surface area contributed by atoms with Crippen molar-refractivity contribution in [2.24, 2.45) is 0 Å². The van der Waals surface area contributed by atoms with Crippen LogP contribution in [0.5, 0.6) is 0 Å². The summed E-state index contributed by atoms with van der Waals surface area (Å²) in [6.07, 6.45) is 0. The lowest BCUT2D eigenvalue weighted by molar-refractivity contribution is -0.122. The van der Waals surface area contributed by atoms with Crippen molar-refractivity contribution >= 4 is 5.91 Å². The molecule has 0 fully saturated rings. The summed E-state index contributed by atoms with van der Waals surface area (Å²) in [5.41, 5.74) is 1.06. The van der Waals surface area contributed by atoms with Gasteiger partial charge in [-0.15, -0.1) is 0 Å². The third kappa shape index (κ3) is 4.03. The van der Waals surface area contributed by atoms with Gasteiger partial charge in [0.1, 0.15) is 0 Å². The fraction of sp³-hybridized carbons (Fsp3) is 0.462. The van der Waals surface area contributed by atoms with E-state index < -0.39 is 0 Å². The van der Waals surface area contributed by atoms with Crippen molar-refractivity contribution in [1.82, 2.24) is 10.2 Å². The Balaban J connectivity index is 2.43. The molecule has 1 rings (SSSR count). The molecule has 0 radical (unpaired) electrons. The fourth-order valence-electron chi connectivity index (χ4n) is 1.45. The van der Waals surface area contributed by atoms with Crippen molar-refractivity contribution < 1.29 is 4.79 Å². The molecule has 1 aromatic rings. The number of hydrogen-bond donors (Lipinski definition) is 1. The number of hydrogen-bond acceptors (Lipinski definition) is 2. The Kier molecular flexibility index (Phi) is 4.99. The fourth-order valence-corrected chi connectivity index (χ4v) is 1.45. The van der Waals surface area contributed by atoms with Crippen molar-refractivity contribution in [2.75, 3.05) is 27.2 Å². The van der Waals surface area contributed by atoms with Gasteiger partial charge >= 0.3 is 0 Å². The normalized spacial score (nSPS) is 12.5. The van der Waals surface area contributed by atoms with Crippen molar-refractivity contribution in [3.05, 3.63) is 35.9 Å². The average molecular weight is 220 g/mol. The van der Waals surface area contributed by atoms with Gasteiger partial charge in [0.15, 0.2) is 0 Å². The molecule has 1 atom stereocenters. The molecule has 0 heterocycles. The van der Waals surface area contributed by atoms with Crippen molar-refractivity contribution in [2.45, 2.75) is 12.8 Å². The van der Waals surface area contributed by atoms with E-state index in [4.69, 9.17) is 0 Å². The Hall–Kier alpha value is -1.35. The molecule has 1 aromatic carbocycles. The first-order valence-electron chi connectivity index (χ1n) is 5.58. The number of rotatable bonds is 5. The lowest BCUT2D eigenvalue weighted by atomic mass is 10.0. The predicted octanol–water partition coefficient (Wildman–Crippen LogP) is 1.47. The number of benzene rings is 1. The maximum Gasteiger partial charge on any atom is 0.227 e. The number of amides is 1. The van der Waals surface area contributed by atoms with E-state index in [-0.39, 0.29) is 11.8 Å². The van der Waals surface area contributed by atoms with Gasteiger partial charge in [-0.05, 0) is 26.6 Å². The predicted molar refractivity (Wildman–Crippen MR) is 66.4 cm³/mol. The second kappa shape index (κ2) is 6.28. The minimum absolute atomic E-state index is 0.0802. The maximum atomic E-state index is 11.8. The van der Waals surface area contributed by atoms with E-state index in [1.54, 1.807) is 0 Å². The van der Waals surface area contributed by atoms with Gasteiger partial charge < -0.3 is 10.2 Å². The molecule has 0 aliphatic carbocycles. The molecular weight excluding hydrogens is 200 g/mol. The molecule has 0 aliphatic heterocycles. The highest BCUT2D eigenvalue weighted by atomic mass is 16.1. The Bertz CT molecular complexity index is 322. The van der Waals surface area contributed by atoms with Crippen LogP contribution in [0, 0.1) is 0 Å². The van der Waals surface area contributed by atoms with Gasteiger partial charge in [-0.25, -0.2) is 0 Å². The second-order valence-electron chi connectivity index (χ2n) is 4.23. The number of nitrogens with one attached hydrogen (secondary N) is 1. The van der Waals surface area contributed by atoms with E-state index in [1.807, 2.05) is 56.3 Å². The standard InChI is InChI=1S/C13H20N2O/c1-11(12-7-5-4-6-8-12)13(16)14-9-10-15(2)3/h4-8,11H,9-10H2,1-3H3,(H,14,16). The topological polar surface area (TPSA) is 32.3 Å². The molecule has 1 unspecified atom stereocenters. The van der Waals surface area contributed by atoms with E-state index in [1.165, 1.54) is 0 Å². The smallest absolute Gasteiger partial charge is 0.227 e. The molecular formula is C13H20N2O. The quantitative estimate of drug-likeness (QED) is 0.815. The van der Waals surface area contributed by atoms with Gasteiger partial charge in [-0.3, -0.25) is 4.79 Å². The zero-order chi connectivity index (χ0) is 12.0. The van der Waals surface area contributed by atoms with Gasteiger partial charge in [-0.1, -0.05) is 30.3 Å². The second-order valence-corrected chi connectivity index (χ2v) is 4.23. The number of carbonyl (C=O) groups excluding carboxylic acids is 1. The Morgan fingerprint density at radius 2 is 1.94 bits per heavy atom. The SMILES string of the molecule is CC(C(=O)NCCN(C)C)c1ccccc1. The largest absolute Gasteiger partial charge is 0.354 e. The summed E-state index contributed by atoms with van der Waals surface area (Å²) in [4.78, 5) is 13.8. The van der Waals surface area contributed by atoms with E-state index >= 15 is 0 Å². The van der Waals surface area contributed by atoms with Crippen molar-refractivity contribution in [3.8, 4) is 0 Å². The summed E-state index contributed by atoms with van der Waals surface area (Å²) in [6.45, 7) is 3.50. The summed E-state index contributed by atoms with van der Waals surface area (Å²) < 4.78 is 0. The molecule has 0 aromatic heterocycles. The van der Waals surface area contributed by atoms with Gasteiger partial charge in [0.25, 0.3) is 0 Å². The molecule has 1 amide bonds. The van der Waals surface area contributed by atoms with Crippen LogP contribution in [0.1, 0.15) is 18.4 Å². The zero-order valence-electron chi connectivity index (χ0n) is 10.2. The average Bonchev–Trinajstić information content (AvgIpc) is 2.28. The lowest BCUT2D eigenvalue weighted by Crippen LogP contribution is -2.33. The van der Waals surface area contributed by atoms with E-state index in [0.717, 1.165) is 12.1 Å². The van der Waals surface area contributed by atoms with Crippen LogP contribution in [0.2, 0.25) is 0 Å². The molecule has 0 bridgehead atoms. The molecule has 88 valence electrons. The molecule has 0 saturated heterocycles. The first-order chi connectivity index (χ1) is 7.61. The summed E-state index contributed by atoms with van der Waals surface area (Å²) in [5.74, 6) is 0.0106. The summed E-state index contributed by atoms with van der Waals surface area (Å²) in [7, 11) is 3.99. The summed E-state index contributed by atoms with van der Waals surface area (Å²) in [6, 6.07) is 9.84. The van der Waals surface area contributed by atoms with Crippen molar-refractivity contribution in [1.29, 1.82) is 0 Å². The van der Waals surface area contributed by atoms with Gasteiger partial charge in [0, 0.05) is 13.1 Å². The zero-order valence-corrected chi connectivity index (χ0v) is 10.2. The first kappa shape index (κ1) is 12.7. The Morgan fingerprint density at radius 1 is 1.31 bits per heavy atom. The molecule has 0 aliphatic rings. The van der Waals surface area contributed by atoms with Crippen LogP contribution in [-0.2, 0) is 4.79 Å². The molecule has 3 heteroatoms. The van der Waals surface area contributed by atoms with E-state index in [2.05, 4.69) is 5.32 Å². The third-order valence-electron chi connectivity index (χ3n) is 2.55. The third-order valence-corrected chi connectivity index (χ3v) is 2.55. The maximum absolute atomic E-state index is 11.8. The monoisotopic (exact) mass is 220 g/mol. The molecule has 16 heavy (non-hydrogen) atoms. The van der Waals surface area contributed by atoms with Crippen LogP contribution in [-0.4, -0.2) is 38.0 Å². The van der Waals surface area contributed by atoms with Gasteiger partial charge in [0.05, 0.1) is 5.92 Å². The van der Waals surface area contributed by atoms with Crippen LogP contribution < -0.4 is 5.32 Å². The Labute approximate surface area is 97.5 Å². The first-order valence-corrected chi connectivity index (χ1v) is 5.58. The summed E-state index contributed by atoms with van der Waals surface area (Å²) >= 11 is 0. The molecule has 0 saturated carbocycles. The van der Waals surface area contributed by atoms with E-state index in [0.29, 0.717) is 6.54 Å². The van der Waals surface area contributed by atoms with Crippen LogP contribution in [0.4, 0.5) is 0 Å². The summed E-state index contributed by atoms with van der Waals surface area (Å²) in [5, 5.41) is 2.93. The minimum Gasteiger partial charge on any atom is -0.354 e. The van der Waals surface area contributed by atoms with Gasteiger partial charge in [-0.2, -0.15) is 0 Å². The van der Waals surface area contributed by atoms with Crippen LogP contribution in [0.3, 0.4) is 0 Å². The highest BCUT2D eigenvalue weighted by Gasteiger charge is 2.13. The van der Waals surface area contributed by atoms with Crippen LogP contribution in [0.15, 0.2) is 30.3 Å². The number of nitrogens with zero attached hydrogens (tertiary/aromatic N) is 1. The Morgan fingerprint density at radius 3 is 2.50 bits per heavy atom.